The minimum atomic E-state index is 0.119. The third-order valence-corrected chi connectivity index (χ3v) is 6.64. The molecule has 0 unspecified atom stereocenters. The third kappa shape index (κ3) is 3.70. The Hall–Kier alpha value is -2.08. The Morgan fingerprint density at radius 2 is 1.23 bits per heavy atom. The van der Waals surface area contributed by atoms with Gasteiger partial charge in [0.15, 0.2) is 0 Å². The van der Waals surface area contributed by atoms with Crippen molar-refractivity contribution in [1.82, 2.24) is 0 Å². The van der Waals surface area contributed by atoms with E-state index in [-0.39, 0.29) is 16.2 Å². The van der Waals surface area contributed by atoms with Gasteiger partial charge >= 0.3 is 0 Å². The van der Waals surface area contributed by atoms with Gasteiger partial charge in [-0.2, -0.15) is 0 Å². The van der Waals surface area contributed by atoms with Crippen molar-refractivity contribution in [2.45, 2.75) is 79.6 Å². The fourth-order valence-electron chi connectivity index (χ4n) is 4.50. The lowest BCUT2D eigenvalue weighted by Gasteiger charge is -2.23. The molecular formula is C30H37. The van der Waals surface area contributed by atoms with E-state index in [0.717, 1.165) is 6.42 Å². The van der Waals surface area contributed by atoms with Crippen LogP contribution in [0.4, 0.5) is 0 Å². The van der Waals surface area contributed by atoms with Crippen molar-refractivity contribution >= 4 is 5.57 Å². The van der Waals surface area contributed by atoms with Gasteiger partial charge in [0, 0.05) is 6.42 Å². The number of allylic oxidation sites excluding steroid dienone is 4. The highest BCUT2D eigenvalue weighted by Crippen LogP contribution is 2.47. The summed E-state index contributed by atoms with van der Waals surface area (Å²) in [4.78, 5) is 0. The normalized spacial score (nSPS) is 16.3. The Balaban J connectivity index is 1.90. The lowest BCUT2D eigenvalue weighted by molar-refractivity contribution is 0.518. The van der Waals surface area contributed by atoms with Gasteiger partial charge in [-0.15, -0.1) is 0 Å². The quantitative estimate of drug-likeness (QED) is 0.385. The molecule has 0 saturated carbocycles. The predicted molar refractivity (Wildman–Crippen MR) is 132 cm³/mol. The summed E-state index contributed by atoms with van der Waals surface area (Å²) in [5.41, 5.74) is 13.2. The Kier molecular flexibility index (Phi) is 4.73. The lowest BCUT2D eigenvalue weighted by atomic mass is 9.81. The van der Waals surface area contributed by atoms with E-state index >= 15 is 0 Å². The van der Waals surface area contributed by atoms with Crippen molar-refractivity contribution in [3.63, 3.8) is 0 Å². The molecule has 4 rings (SSSR count). The highest BCUT2D eigenvalue weighted by Gasteiger charge is 2.29. The van der Waals surface area contributed by atoms with Gasteiger partial charge in [-0.3, -0.25) is 0 Å². The topological polar surface area (TPSA) is 0 Å². The van der Waals surface area contributed by atoms with Gasteiger partial charge in [-0.25, -0.2) is 0 Å². The van der Waals surface area contributed by atoms with Crippen molar-refractivity contribution in [2.75, 3.05) is 0 Å². The first kappa shape index (κ1) is 21.2. The molecule has 0 amide bonds. The molecule has 2 aliphatic carbocycles. The molecule has 2 aromatic rings. The molecule has 30 heavy (non-hydrogen) atoms. The van der Waals surface area contributed by atoms with Crippen LogP contribution in [0.2, 0.25) is 0 Å². The molecule has 0 heteroatoms. The highest BCUT2D eigenvalue weighted by atomic mass is 14.3. The Labute approximate surface area is 184 Å². The second-order valence-corrected chi connectivity index (χ2v) is 12.2. The largest absolute Gasteiger partial charge is 0.0763 e. The number of benzene rings is 2. The van der Waals surface area contributed by atoms with Gasteiger partial charge in [0.05, 0.1) is 0 Å². The molecule has 0 N–H and O–H groups in total. The maximum absolute atomic E-state index is 2.46. The number of fused-ring (bicyclic) bond motifs is 3. The summed E-state index contributed by atoms with van der Waals surface area (Å²) in [6.07, 6.45) is 8.31. The third-order valence-electron chi connectivity index (χ3n) is 6.64. The van der Waals surface area contributed by atoms with E-state index in [4.69, 9.17) is 0 Å². The highest BCUT2D eigenvalue weighted by molar-refractivity contribution is 5.89. The summed E-state index contributed by atoms with van der Waals surface area (Å²) < 4.78 is 0. The summed E-state index contributed by atoms with van der Waals surface area (Å²) in [6, 6.07) is 12.0. The second-order valence-electron chi connectivity index (χ2n) is 12.2. The second kappa shape index (κ2) is 6.71. The van der Waals surface area contributed by atoms with Crippen LogP contribution in [0.3, 0.4) is 0 Å². The Morgan fingerprint density at radius 1 is 0.633 bits per heavy atom. The van der Waals surface area contributed by atoms with Gasteiger partial charge in [0.25, 0.3) is 0 Å². The first-order chi connectivity index (χ1) is 13.7. The molecule has 0 atom stereocenters. The molecule has 0 bridgehead atoms. The first-order valence-electron chi connectivity index (χ1n) is 11.3. The zero-order chi connectivity index (χ0) is 22.1. The van der Waals surface area contributed by atoms with Gasteiger partial charge in [0.1, 0.15) is 0 Å². The van der Waals surface area contributed by atoms with Crippen LogP contribution in [0.25, 0.3) is 16.7 Å². The molecule has 0 heterocycles. The fourth-order valence-corrected chi connectivity index (χ4v) is 4.50. The maximum atomic E-state index is 2.46. The van der Waals surface area contributed by atoms with Gasteiger partial charge in [-0.05, 0) is 72.8 Å². The SMILES string of the molecule is CC(C)(C)C1=CCC(c2cc(C(C)(C)C)cc3c2[CH]c2ccc(C(C)(C)C)cc2-3)=C1. The zero-order valence-corrected chi connectivity index (χ0v) is 20.3. The van der Waals surface area contributed by atoms with Gasteiger partial charge < -0.3 is 0 Å². The average molecular weight is 398 g/mol. The van der Waals surface area contributed by atoms with Crippen molar-refractivity contribution < 1.29 is 0 Å². The van der Waals surface area contributed by atoms with E-state index in [2.05, 4.69) is 111 Å². The van der Waals surface area contributed by atoms with Crippen LogP contribution in [-0.4, -0.2) is 0 Å². The van der Waals surface area contributed by atoms with Gasteiger partial charge in [-0.1, -0.05) is 105 Å². The summed E-state index contributed by atoms with van der Waals surface area (Å²) in [5.74, 6) is 0. The summed E-state index contributed by atoms with van der Waals surface area (Å²) in [6.45, 7) is 20.8. The van der Waals surface area contributed by atoms with Crippen LogP contribution in [0, 0.1) is 11.8 Å². The van der Waals surface area contributed by atoms with E-state index < -0.39 is 0 Å². The monoisotopic (exact) mass is 397 g/mol. The van der Waals surface area contributed by atoms with Crippen molar-refractivity contribution in [1.29, 1.82) is 0 Å². The van der Waals surface area contributed by atoms with Crippen LogP contribution < -0.4 is 0 Å². The summed E-state index contributed by atoms with van der Waals surface area (Å²) in [7, 11) is 0. The van der Waals surface area contributed by atoms with Crippen molar-refractivity contribution in [3.05, 3.63) is 82.3 Å². The number of rotatable bonds is 1. The van der Waals surface area contributed by atoms with Crippen LogP contribution in [0.5, 0.6) is 0 Å². The molecule has 2 aliphatic rings. The number of hydrogen-bond donors (Lipinski definition) is 0. The molecule has 0 aromatic heterocycles. The molecule has 0 fully saturated rings. The Bertz CT molecular complexity index is 1070. The molecule has 157 valence electrons. The minimum absolute atomic E-state index is 0.119. The fraction of sp³-hybridized carbons (Fsp3) is 0.433. The van der Waals surface area contributed by atoms with Crippen molar-refractivity contribution in [3.8, 4) is 11.1 Å². The van der Waals surface area contributed by atoms with Gasteiger partial charge in [0.2, 0.25) is 0 Å². The predicted octanol–water partition coefficient (Wildman–Crippen LogP) is 8.62. The molecule has 1 radical (unpaired) electrons. The van der Waals surface area contributed by atoms with E-state index in [1.807, 2.05) is 0 Å². The summed E-state index contributed by atoms with van der Waals surface area (Å²) >= 11 is 0. The van der Waals surface area contributed by atoms with Crippen LogP contribution >= 0.6 is 0 Å². The molecule has 0 aliphatic heterocycles. The van der Waals surface area contributed by atoms with E-state index in [1.165, 1.54) is 50.1 Å². The molecule has 0 saturated heterocycles. The van der Waals surface area contributed by atoms with E-state index in [0.29, 0.717) is 0 Å². The van der Waals surface area contributed by atoms with Crippen LogP contribution in [0.15, 0.2) is 48.1 Å². The lowest BCUT2D eigenvalue weighted by Crippen LogP contribution is -2.12. The average Bonchev–Trinajstić information content (AvgIpc) is 3.23. The first-order valence-corrected chi connectivity index (χ1v) is 11.3. The zero-order valence-electron chi connectivity index (χ0n) is 20.3. The molecular weight excluding hydrogens is 360 g/mol. The van der Waals surface area contributed by atoms with Crippen LogP contribution in [-0.2, 0) is 10.8 Å². The smallest absolute Gasteiger partial charge is 0.0218 e. The van der Waals surface area contributed by atoms with Crippen molar-refractivity contribution in [2.24, 2.45) is 5.41 Å². The minimum Gasteiger partial charge on any atom is -0.0763 e. The summed E-state index contributed by atoms with van der Waals surface area (Å²) in [5, 5.41) is 0. The maximum Gasteiger partial charge on any atom is 0.0218 e. The number of hydrogen-bond acceptors (Lipinski definition) is 0. The molecule has 0 spiro atoms. The van der Waals surface area contributed by atoms with Crippen LogP contribution in [0.1, 0.15) is 96.6 Å². The molecule has 2 aromatic carbocycles. The Morgan fingerprint density at radius 3 is 1.80 bits per heavy atom. The molecule has 0 nitrogen and oxygen atoms in total. The van der Waals surface area contributed by atoms with E-state index in [1.54, 1.807) is 0 Å². The van der Waals surface area contributed by atoms with E-state index in [9.17, 15) is 0 Å². The standard InChI is InChI=1S/C30H37/c1-28(2,3)21-12-10-19(14-21)25-17-23(30(7,8)9)18-27-24-16-22(29(4,5)6)13-11-20(24)15-26(25)27/h11-18H,10H2,1-9H3.